The number of nitrogens with two attached hydrogens (primary N) is 1. The summed E-state index contributed by atoms with van der Waals surface area (Å²) >= 11 is 0. The van der Waals surface area contributed by atoms with E-state index in [1.807, 2.05) is 0 Å². The molecule has 4 heteroatoms. The first kappa shape index (κ1) is 13.8. The summed E-state index contributed by atoms with van der Waals surface area (Å²) in [5.41, 5.74) is 9.69. The van der Waals surface area contributed by atoms with Crippen molar-refractivity contribution in [3.8, 4) is 0 Å². The first-order valence-corrected chi connectivity index (χ1v) is 8.31. The van der Waals surface area contributed by atoms with Gasteiger partial charge in [0.1, 0.15) is 0 Å². The summed E-state index contributed by atoms with van der Waals surface area (Å²) < 4.78 is 0. The van der Waals surface area contributed by atoms with Gasteiger partial charge < -0.3 is 10.7 Å². The molecule has 2 aliphatic rings. The highest BCUT2D eigenvalue weighted by Crippen LogP contribution is 2.44. The maximum atomic E-state index is 11.8. The number of hydrogen-bond donors (Lipinski definition) is 2. The topological polar surface area (TPSA) is 62.1 Å². The molecule has 1 amide bonds. The third-order valence-corrected chi connectivity index (χ3v) is 5.49. The van der Waals surface area contributed by atoms with Gasteiger partial charge in [-0.1, -0.05) is 19.1 Å². The summed E-state index contributed by atoms with van der Waals surface area (Å²) in [5, 5.41) is 1.38. The average Bonchev–Trinajstić information content (AvgIpc) is 2.93. The molecule has 0 radical (unpaired) electrons. The van der Waals surface area contributed by atoms with Crippen LogP contribution in [0.25, 0.3) is 10.9 Å². The SMILES string of the molecule is CCCN1CC(C(N)=O)C[C@@H]2c3cccc4[nH]cc(c34)C[C@H]21. The number of benzene rings is 1. The van der Waals surface area contributed by atoms with Gasteiger partial charge in [-0.05, 0) is 43.0 Å². The Morgan fingerprint density at radius 3 is 3.09 bits per heavy atom. The second kappa shape index (κ2) is 5.13. The molecular weight excluding hydrogens is 274 g/mol. The molecule has 4 rings (SSSR count). The van der Waals surface area contributed by atoms with Crippen LogP contribution in [0, 0.1) is 5.92 Å². The summed E-state index contributed by atoms with van der Waals surface area (Å²) in [6.07, 6.45) is 5.24. The fourth-order valence-electron chi connectivity index (χ4n) is 4.55. The molecule has 1 aliphatic carbocycles. The zero-order valence-corrected chi connectivity index (χ0v) is 13.0. The molecule has 22 heavy (non-hydrogen) atoms. The number of carbonyl (C=O) groups excluding carboxylic acids is 1. The predicted molar refractivity (Wildman–Crippen MR) is 87.7 cm³/mol. The molecule has 1 saturated heterocycles. The molecule has 1 fully saturated rings. The number of likely N-dealkylation sites (tertiary alicyclic amines) is 1. The van der Waals surface area contributed by atoms with Crippen molar-refractivity contribution in [2.24, 2.45) is 11.7 Å². The van der Waals surface area contributed by atoms with Crippen molar-refractivity contribution in [2.45, 2.75) is 38.1 Å². The van der Waals surface area contributed by atoms with E-state index in [0.29, 0.717) is 12.0 Å². The second-order valence-electron chi connectivity index (χ2n) is 6.79. The Kier molecular flexibility index (Phi) is 3.22. The minimum atomic E-state index is -0.147. The highest BCUT2D eigenvalue weighted by Gasteiger charge is 2.41. The molecule has 0 saturated carbocycles. The number of amides is 1. The number of H-pyrrole nitrogens is 1. The predicted octanol–water partition coefficient (Wildman–Crippen LogP) is 2.39. The number of rotatable bonds is 3. The van der Waals surface area contributed by atoms with E-state index < -0.39 is 0 Å². The van der Waals surface area contributed by atoms with E-state index in [9.17, 15) is 4.79 Å². The Morgan fingerprint density at radius 1 is 1.45 bits per heavy atom. The van der Waals surface area contributed by atoms with Gasteiger partial charge in [0.25, 0.3) is 0 Å². The smallest absolute Gasteiger partial charge is 0.221 e. The Bertz CT molecular complexity index is 720. The van der Waals surface area contributed by atoms with Gasteiger partial charge in [0.2, 0.25) is 5.91 Å². The lowest BCUT2D eigenvalue weighted by atomic mass is 9.72. The lowest BCUT2D eigenvalue weighted by Gasteiger charge is -2.46. The molecule has 2 heterocycles. The summed E-state index contributed by atoms with van der Waals surface area (Å²) in [6, 6.07) is 7.01. The van der Waals surface area contributed by atoms with Crippen LogP contribution in [0.1, 0.15) is 36.8 Å². The number of piperidine rings is 1. The first-order valence-electron chi connectivity index (χ1n) is 8.31. The molecule has 116 valence electrons. The Balaban J connectivity index is 1.80. The standard InChI is InChI=1S/C18H23N3O/c1-2-6-21-10-12(18(19)22)7-14-13-4-3-5-15-17(13)11(9-20-15)8-16(14)21/h3-5,9,12,14,16,20H,2,6-8,10H2,1H3,(H2,19,22)/t12?,14-,16-/m1/s1. The lowest BCUT2D eigenvalue weighted by molar-refractivity contribution is -0.124. The van der Waals surface area contributed by atoms with E-state index in [1.165, 1.54) is 22.0 Å². The normalized spacial score (nSPS) is 27.8. The van der Waals surface area contributed by atoms with E-state index in [0.717, 1.165) is 32.4 Å². The van der Waals surface area contributed by atoms with Gasteiger partial charge in [-0.15, -0.1) is 0 Å². The molecule has 1 unspecified atom stereocenters. The van der Waals surface area contributed by atoms with E-state index in [4.69, 9.17) is 5.73 Å². The minimum Gasteiger partial charge on any atom is -0.369 e. The third kappa shape index (κ3) is 1.97. The minimum absolute atomic E-state index is 0.0245. The number of carbonyl (C=O) groups is 1. The van der Waals surface area contributed by atoms with Crippen molar-refractivity contribution in [1.29, 1.82) is 0 Å². The van der Waals surface area contributed by atoms with Crippen LogP contribution in [0.2, 0.25) is 0 Å². The molecule has 2 aromatic rings. The number of aromatic amines is 1. The van der Waals surface area contributed by atoms with E-state index in [2.05, 4.69) is 41.2 Å². The van der Waals surface area contributed by atoms with Crippen molar-refractivity contribution in [3.63, 3.8) is 0 Å². The summed E-state index contributed by atoms with van der Waals surface area (Å²) in [6.45, 7) is 4.06. The van der Waals surface area contributed by atoms with Gasteiger partial charge in [0.15, 0.2) is 0 Å². The van der Waals surface area contributed by atoms with Gasteiger partial charge >= 0.3 is 0 Å². The zero-order valence-electron chi connectivity index (χ0n) is 13.0. The summed E-state index contributed by atoms with van der Waals surface area (Å²) in [4.78, 5) is 17.7. The molecule has 3 atom stereocenters. The van der Waals surface area contributed by atoms with Crippen molar-refractivity contribution in [2.75, 3.05) is 13.1 Å². The molecule has 0 spiro atoms. The fraction of sp³-hybridized carbons (Fsp3) is 0.500. The van der Waals surface area contributed by atoms with E-state index in [-0.39, 0.29) is 11.8 Å². The highest BCUT2D eigenvalue weighted by atomic mass is 16.1. The second-order valence-corrected chi connectivity index (χ2v) is 6.79. The van der Waals surface area contributed by atoms with Crippen molar-refractivity contribution < 1.29 is 4.79 Å². The zero-order chi connectivity index (χ0) is 15.3. The van der Waals surface area contributed by atoms with Crippen LogP contribution in [-0.2, 0) is 11.2 Å². The summed E-state index contributed by atoms with van der Waals surface area (Å²) in [5.74, 6) is 0.250. The molecular formula is C18H23N3O. The molecule has 0 bridgehead atoms. The lowest BCUT2D eigenvalue weighted by Crippen LogP contribution is -2.52. The monoisotopic (exact) mass is 297 g/mol. The summed E-state index contributed by atoms with van der Waals surface area (Å²) in [7, 11) is 0. The number of primary amides is 1. The van der Waals surface area contributed by atoms with Crippen molar-refractivity contribution in [3.05, 3.63) is 35.5 Å². The van der Waals surface area contributed by atoms with Crippen LogP contribution in [0.4, 0.5) is 0 Å². The van der Waals surface area contributed by atoms with Crippen LogP contribution in [0.15, 0.2) is 24.4 Å². The Labute approximate surface area is 130 Å². The van der Waals surface area contributed by atoms with Crippen LogP contribution >= 0.6 is 0 Å². The molecule has 1 aromatic heterocycles. The van der Waals surface area contributed by atoms with Gasteiger partial charge in [0, 0.05) is 35.6 Å². The maximum absolute atomic E-state index is 11.8. The third-order valence-electron chi connectivity index (χ3n) is 5.49. The fourth-order valence-corrected chi connectivity index (χ4v) is 4.55. The van der Waals surface area contributed by atoms with Gasteiger partial charge in [-0.3, -0.25) is 9.69 Å². The van der Waals surface area contributed by atoms with Crippen molar-refractivity contribution in [1.82, 2.24) is 9.88 Å². The molecule has 1 aliphatic heterocycles. The Hall–Kier alpha value is -1.81. The number of nitrogens with zero attached hydrogens (tertiary/aromatic N) is 1. The average molecular weight is 297 g/mol. The van der Waals surface area contributed by atoms with Gasteiger partial charge in [0.05, 0.1) is 5.92 Å². The number of aromatic nitrogens is 1. The Morgan fingerprint density at radius 2 is 2.32 bits per heavy atom. The molecule has 1 aromatic carbocycles. The largest absolute Gasteiger partial charge is 0.369 e. The first-order chi connectivity index (χ1) is 10.7. The van der Waals surface area contributed by atoms with Crippen LogP contribution in [0.5, 0.6) is 0 Å². The van der Waals surface area contributed by atoms with Crippen LogP contribution in [0.3, 0.4) is 0 Å². The van der Waals surface area contributed by atoms with Crippen LogP contribution in [-0.4, -0.2) is 34.9 Å². The maximum Gasteiger partial charge on any atom is 0.221 e. The van der Waals surface area contributed by atoms with E-state index in [1.54, 1.807) is 0 Å². The van der Waals surface area contributed by atoms with Crippen molar-refractivity contribution >= 4 is 16.8 Å². The van der Waals surface area contributed by atoms with Crippen LogP contribution < -0.4 is 5.73 Å². The number of fused-ring (bicyclic) bond motifs is 2. The van der Waals surface area contributed by atoms with E-state index >= 15 is 0 Å². The number of hydrogen-bond acceptors (Lipinski definition) is 2. The van der Waals surface area contributed by atoms with Gasteiger partial charge in [-0.25, -0.2) is 0 Å². The van der Waals surface area contributed by atoms with Gasteiger partial charge in [-0.2, -0.15) is 0 Å². The highest BCUT2D eigenvalue weighted by molar-refractivity contribution is 5.88. The quantitative estimate of drug-likeness (QED) is 0.914. The molecule has 3 N–H and O–H groups in total. The molecule has 4 nitrogen and oxygen atoms in total. The number of nitrogens with one attached hydrogen (secondary N) is 1.